The summed E-state index contributed by atoms with van der Waals surface area (Å²) < 4.78 is 26.4. The Balaban J connectivity index is 2.28. The molecule has 3 N–H and O–H groups in total. The number of aromatic nitrogens is 1. The van der Waals surface area contributed by atoms with Crippen molar-refractivity contribution < 1.29 is 13.2 Å². The first-order chi connectivity index (χ1) is 8.88. The van der Waals surface area contributed by atoms with E-state index in [-0.39, 0.29) is 21.5 Å². The molecule has 0 spiro atoms. The Morgan fingerprint density at radius 2 is 2.16 bits per heavy atom. The SMILES string of the molecule is CC(=O)c1csc(NS(=O)(=O)c2cccc(N)c2)n1. The molecule has 2 aromatic rings. The Kier molecular flexibility index (Phi) is 3.54. The van der Waals surface area contributed by atoms with Crippen molar-refractivity contribution in [2.45, 2.75) is 11.8 Å². The fourth-order valence-corrected chi connectivity index (χ4v) is 3.39. The molecular weight excluding hydrogens is 286 g/mol. The van der Waals surface area contributed by atoms with E-state index in [9.17, 15) is 13.2 Å². The summed E-state index contributed by atoms with van der Waals surface area (Å²) in [6.45, 7) is 1.37. The molecule has 0 atom stereocenters. The van der Waals surface area contributed by atoms with Crippen LogP contribution in [0.4, 0.5) is 10.8 Å². The van der Waals surface area contributed by atoms with Gasteiger partial charge in [0.25, 0.3) is 10.0 Å². The van der Waals surface area contributed by atoms with Crippen molar-refractivity contribution >= 4 is 38.0 Å². The maximum Gasteiger partial charge on any atom is 0.263 e. The molecule has 19 heavy (non-hydrogen) atoms. The van der Waals surface area contributed by atoms with Gasteiger partial charge in [-0.1, -0.05) is 6.07 Å². The minimum Gasteiger partial charge on any atom is -0.399 e. The molecule has 0 radical (unpaired) electrons. The van der Waals surface area contributed by atoms with E-state index in [4.69, 9.17) is 5.73 Å². The van der Waals surface area contributed by atoms with Gasteiger partial charge in [0.15, 0.2) is 10.9 Å². The van der Waals surface area contributed by atoms with Gasteiger partial charge in [0.05, 0.1) is 4.90 Å². The molecule has 8 heteroatoms. The van der Waals surface area contributed by atoms with E-state index in [0.717, 1.165) is 11.3 Å². The summed E-state index contributed by atoms with van der Waals surface area (Å²) in [7, 11) is -3.74. The van der Waals surface area contributed by atoms with E-state index in [1.54, 1.807) is 12.1 Å². The molecule has 0 aliphatic heterocycles. The molecule has 0 unspecified atom stereocenters. The summed E-state index contributed by atoms with van der Waals surface area (Å²) in [5.74, 6) is -0.217. The molecule has 0 saturated carbocycles. The lowest BCUT2D eigenvalue weighted by Gasteiger charge is -2.05. The van der Waals surface area contributed by atoms with Gasteiger partial charge >= 0.3 is 0 Å². The van der Waals surface area contributed by atoms with Gasteiger partial charge < -0.3 is 5.73 Å². The van der Waals surface area contributed by atoms with Gasteiger partial charge in [-0.2, -0.15) is 0 Å². The van der Waals surface area contributed by atoms with E-state index in [2.05, 4.69) is 9.71 Å². The van der Waals surface area contributed by atoms with Crippen LogP contribution in [0.1, 0.15) is 17.4 Å². The van der Waals surface area contributed by atoms with Crippen LogP contribution in [0.5, 0.6) is 0 Å². The number of rotatable bonds is 4. The molecule has 100 valence electrons. The topological polar surface area (TPSA) is 102 Å². The lowest BCUT2D eigenvalue weighted by atomic mass is 10.3. The number of hydrogen-bond donors (Lipinski definition) is 2. The number of carbonyl (C=O) groups is 1. The molecule has 0 aliphatic rings. The summed E-state index contributed by atoms with van der Waals surface area (Å²) >= 11 is 1.05. The van der Waals surface area contributed by atoms with Gasteiger partial charge in [0, 0.05) is 18.0 Å². The molecule has 6 nitrogen and oxygen atoms in total. The summed E-state index contributed by atoms with van der Waals surface area (Å²) in [4.78, 5) is 15.0. The third-order valence-electron chi connectivity index (χ3n) is 2.25. The van der Waals surface area contributed by atoms with Crippen LogP contribution >= 0.6 is 11.3 Å². The van der Waals surface area contributed by atoms with Crippen molar-refractivity contribution in [1.29, 1.82) is 0 Å². The Morgan fingerprint density at radius 1 is 1.42 bits per heavy atom. The molecule has 0 aliphatic carbocycles. The summed E-state index contributed by atoms with van der Waals surface area (Å²) in [5.41, 5.74) is 6.13. The number of carbonyl (C=O) groups excluding carboxylic acids is 1. The van der Waals surface area contributed by atoms with Crippen molar-refractivity contribution in [3.05, 3.63) is 35.3 Å². The highest BCUT2D eigenvalue weighted by molar-refractivity contribution is 7.93. The van der Waals surface area contributed by atoms with Gasteiger partial charge in [-0.15, -0.1) is 11.3 Å². The van der Waals surface area contributed by atoms with Gasteiger partial charge in [0.1, 0.15) is 5.69 Å². The molecule has 0 bridgehead atoms. The van der Waals surface area contributed by atoms with E-state index < -0.39 is 10.0 Å². The third-order valence-corrected chi connectivity index (χ3v) is 4.48. The fourth-order valence-electron chi connectivity index (χ4n) is 1.34. The van der Waals surface area contributed by atoms with Gasteiger partial charge in [-0.3, -0.25) is 9.52 Å². The molecule has 2 rings (SSSR count). The Hall–Kier alpha value is -1.93. The molecule has 0 amide bonds. The average molecular weight is 297 g/mol. The average Bonchev–Trinajstić information content (AvgIpc) is 2.77. The number of thiazole rings is 1. The van der Waals surface area contributed by atoms with Crippen molar-refractivity contribution in [2.24, 2.45) is 0 Å². The molecule has 0 saturated heterocycles. The predicted octanol–water partition coefficient (Wildman–Crippen LogP) is 1.73. The number of nitrogen functional groups attached to an aromatic ring is 1. The van der Waals surface area contributed by atoms with E-state index in [1.807, 2.05) is 0 Å². The lowest BCUT2D eigenvalue weighted by molar-refractivity contribution is 0.101. The highest BCUT2D eigenvalue weighted by Crippen LogP contribution is 2.21. The first-order valence-corrected chi connectivity index (χ1v) is 7.59. The smallest absolute Gasteiger partial charge is 0.263 e. The number of nitrogens with one attached hydrogen (secondary N) is 1. The van der Waals surface area contributed by atoms with Crippen LogP contribution in [0.15, 0.2) is 34.5 Å². The fraction of sp³-hybridized carbons (Fsp3) is 0.0909. The maximum atomic E-state index is 12.0. The van der Waals surface area contributed by atoms with E-state index >= 15 is 0 Å². The van der Waals surface area contributed by atoms with Crippen LogP contribution in [0, 0.1) is 0 Å². The van der Waals surface area contributed by atoms with Gasteiger partial charge in [-0.25, -0.2) is 13.4 Å². The molecular formula is C11H11N3O3S2. The Labute approximate surface area is 114 Å². The van der Waals surface area contributed by atoms with Crippen molar-refractivity contribution in [3.8, 4) is 0 Å². The largest absolute Gasteiger partial charge is 0.399 e. The molecule has 0 fully saturated rings. The standard InChI is InChI=1S/C11H11N3O3S2/c1-7(15)10-6-18-11(13-10)14-19(16,17)9-4-2-3-8(12)5-9/h2-6H,12H2,1H3,(H,13,14). The second kappa shape index (κ2) is 4.98. The number of Topliss-reactive ketones (excluding diaryl/α,β-unsaturated/α-hetero) is 1. The van der Waals surface area contributed by atoms with E-state index in [0.29, 0.717) is 5.69 Å². The van der Waals surface area contributed by atoms with Crippen LogP contribution in [0.25, 0.3) is 0 Å². The van der Waals surface area contributed by atoms with Crippen LogP contribution < -0.4 is 10.5 Å². The Bertz CT molecular complexity index is 722. The number of nitrogens with zero attached hydrogens (tertiary/aromatic N) is 1. The predicted molar refractivity (Wildman–Crippen MR) is 73.8 cm³/mol. The monoisotopic (exact) mass is 297 g/mol. The van der Waals surface area contributed by atoms with Crippen LogP contribution in [0.2, 0.25) is 0 Å². The zero-order valence-electron chi connectivity index (χ0n) is 9.95. The number of ketones is 1. The molecule has 1 aromatic heterocycles. The number of benzene rings is 1. The van der Waals surface area contributed by atoms with Crippen LogP contribution in [0.3, 0.4) is 0 Å². The lowest BCUT2D eigenvalue weighted by Crippen LogP contribution is -2.13. The Morgan fingerprint density at radius 3 is 2.74 bits per heavy atom. The maximum absolute atomic E-state index is 12.0. The van der Waals surface area contributed by atoms with Crippen LogP contribution in [-0.2, 0) is 10.0 Å². The highest BCUT2D eigenvalue weighted by Gasteiger charge is 2.17. The van der Waals surface area contributed by atoms with Crippen molar-refractivity contribution in [1.82, 2.24) is 4.98 Å². The minimum absolute atomic E-state index is 0.0482. The van der Waals surface area contributed by atoms with Crippen molar-refractivity contribution in [3.63, 3.8) is 0 Å². The summed E-state index contributed by atoms with van der Waals surface area (Å²) in [6, 6.07) is 5.92. The molecule has 1 heterocycles. The van der Waals surface area contributed by atoms with Gasteiger partial charge in [-0.05, 0) is 18.2 Å². The zero-order chi connectivity index (χ0) is 14.0. The second-order valence-electron chi connectivity index (χ2n) is 3.77. The minimum atomic E-state index is -3.74. The third kappa shape index (κ3) is 3.09. The number of sulfonamides is 1. The highest BCUT2D eigenvalue weighted by atomic mass is 32.2. The van der Waals surface area contributed by atoms with Crippen molar-refractivity contribution in [2.75, 3.05) is 10.5 Å². The van der Waals surface area contributed by atoms with Gasteiger partial charge in [0.2, 0.25) is 0 Å². The second-order valence-corrected chi connectivity index (χ2v) is 6.31. The number of nitrogens with two attached hydrogens (primary N) is 1. The van der Waals surface area contributed by atoms with Crippen LogP contribution in [-0.4, -0.2) is 19.2 Å². The number of hydrogen-bond acceptors (Lipinski definition) is 6. The summed E-state index contributed by atoms with van der Waals surface area (Å²) in [5, 5.41) is 1.65. The first-order valence-electron chi connectivity index (χ1n) is 5.23. The first kappa shape index (κ1) is 13.5. The molecule has 1 aromatic carbocycles. The summed E-state index contributed by atoms with van der Waals surface area (Å²) in [6.07, 6.45) is 0. The normalized spacial score (nSPS) is 11.2. The quantitative estimate of drug-likeness (QED) is 0.661. The van der Waals surface area contributed by atoms with E-state index in [1.165, 1.54) is 24.4 Å². The zero-order valence-corrected chi connectivity index (χ0v) is 11.6. The number of anilines is 2.